The maximum absolute atomic E-state index is 10.9. The molecule has 3 heteroatoms. The SMILES string of the molecule is CCCC(CC)NCCC(=O)NC. The highest BCUT2D eigenvalue weighted by Crippen LogP contribution is 2.00. The average molecular weight is 186 g/mol. The van der Waals surface area contributed by atoms with Gasteiger partial charge in [-0.2, -0.15) is 0 Å². The van der Waals surface area contributed by atoms with E-state index in [0.29, 0.717) is 12.5 Å². The molecule has 2 N–H and O–H groups in total. The number of carbonyl (C=O) groups excluding carboxylic acids is 1. The molecule has 0 aliphatic heterocycles. The molecule has 0 spiro atoms. The second kappa shape index (κ2) is 8.05. The van der Waals surface area contributed by atoms with Crippen LogP contribution in [-0.2, 0) is 4.79 Å². The first-order valence-electron chi connectivity index (χ1n) is 5.18. The molecule has 0 aromatic rings. The number of rotatable bonds is 7. The van der Waals surface area contributed by atoms with Crippen LogP contribution in [0.2, 0.25) is 0 Å². The standard InChI is InChI=1S/C10H22N2O/c1-4-6-9(5-2)12-8-7-10(13)11-3/h9,12H,4-8H2,1-3H3,(H,11,13). The van der Waals surface area contributed by atoms with Crippen LogP contribution in [-0.4, -0.2) is 25.5 Å². The molecule has 0 aromatic heterocycles. The third-order valence-corrected chi connectivity index (χ3v) is 2.19. The summed E-state index contributed by atoms with van der Waals surface area (Å²) in [6.45, 7) is 5.15. The fourth-order valence-electron chi connectivity index (χ4n) is 1.31. The molecular weight excluding hydrogens is 164 g/mol. The van der Waals surface area contributed by atoms with Crippen LogP contribution in [0.3, 0.4) is 0 Å². The third kappa shape index (κ3) is 6.58. The molecule has 0 aliphatic carbocycles. The molecule has 1 unspecified atom stereocenters. The van der Waals surface area contributed by atoms with E-state index in [1.165, 1.54) is 12.8 Å². The number of hydrogen-bond acceptors (Lipinski definition) is 2. The van der Waals surface area contributed by atoms with E-state index in [9.17, 15) is 4.79 Å². The highest BCUT2D eigenvalue weighted by Gasteiger charge is 2.04. The van der Waals surface area contributed by atoms with Gasteiger partial charge in [0.2, 0.25) is 5.91 Å². The number of hydrogen-bond donors (Lipinski definition) is 2. The Morgan fingerprint density at radius 2 is 2.08 bits per heavy atom. The van der Waals surface area contributed by atoms with Crippen molar-refractivity contribution >= 4 is 5.91 Å². The molecule has 78 valence electrons. The van der Waals surface area contributed by atoms with Crippen LogP contribution in [0.1, 0.15) is 39.5 Å². The van der Waals surface area contributed by atoms with Gasteiger partial charge in [-0.25, -0.2) is 0 Å². The topological polar surface area (TPSA) is 41.1 Å². The maximum atomic E-state index is 10.9. The Kier molecular flexibility index (Phi) is 7.69. The number of carbonyl (C=O) groups is 1. The summed E-state index contributed by atoms with van der Waals surface area (Å²) in [5, 5.41) is 5.98. The van der Waals surface area contributed by atoms with E-state index in [2.05, 4.69) is 24.5 Å². The van der Waals surface area contributed by atoms with Crippen LogP contribution in [0.25, 0.3) is 0 Å². The Morgan fingerprint density at radius 3 is 2.54 bits per heavy atom. The zero-order valence-electron chi connectivity index (χ0n) is 9.02. The van der Waals surface area contributed by atoms with E-state index >= 15 is 0 Å². The molecule has 0 saturated heterocycles. The zero-order chi connectivity index (χ0) is 10.1. The molecule has 13 heavy (non-hydrogen) atoms. The quantitative estimate of drug-likeness (QED) is 0.629. The summed E-state index contributed by atoms with van der Waals surface area (Å²) in [6.07, 6.45) is 4.12. The summed E-state index contributed by atoms with van der Waals surface area (Å²) in [6, 6.07) is 0.578. The van der Waals surface area contributed by atoms with E-state index in [4.69, 9.17) is 0 Å². The summed E-state index contributed by atoms with van der Waals surface area (Å²) in [7, 11) is 1.67. The molecular formula is C10H22N2O. The van der Waals surface area contributed by atoms with Crippen LogP contribution in [0.5, 0.6) is 0 Å². The van der Waals surface area contributed by atoms with Crippen molar-refractivity contribution in [2.75, 3.05) is 13.6 Å². The van der Waals surface area contributed by atoms with Crippen molar-refractivity contribution in [3.63, 3.8) is 0 Å². The highest BCUT2D eigenvalue weighted by atomic mass is 16.1. The van der Waals surface area contributed by atoms with E-state index in [1.54, 1.807) is 7.05 Å². The van der Waals surface area contributed by atoms with E-state index in [1.807, 2.05) is 0 Å². The van der Waals surface area contributed by atoms with Gasteiger partial charge in [-0.3, -0.25) is 4.79 Å². The van der Waals surface area contributed by atoms with Crippen molar-refractivity contribution in [3.8, 4) is 0 Å². The molecule has 0 heterocycles. The van der Waals surface area contributed by atoms with Gasteiger partial charge in [-0.05, 0) is 12.8 Å². The summed E-state index contributed by atoms with van der Waals surface area (Å²) in [5.41, 5.74) is 0. The molecule has 0 bridgehead atoms. The average Bonchev–Trinajstić information content (AvgIpc) is 2.16. The second-order valence-corrected chi connectivity index (χ2v) is 3.27. The van der Waals surface area contributed by atoms with E-state index in [0.717, 1.165) is 13.0 Å². The molecule has 0 rings (SSSR count). The Bertz CT molecular complexity index is 137. The van der Waals surface area contributed by atoms with Gasteiger partial charge in [0.05, 0.1) is 0 Å². The summed E-state index contributed by atoms with van der Waals surface area (Å²) >= 11 is 0. The normalized spacial score (nSPS) is 12.5. The lowest BCUT2D eigenvalue weighted by Gasteiger charge is -2.15. The van der Waals surface area contributed by atoms with Crippen LogP contribution in [0.15, 0.2) is 0 Å². The minimum absolute atomic E-state index is 0.110. The highest BCUT2D eigenvalue weighted by molar-refractivity contribution is 5.75. The van der Waals surface area contributed by atoms with Crippen molar-refractivity contribution in [1.82, 2.24) is 10.6 Å². The van der Waals surface area contributed by atoms with Gasteiger partial charge in [0.25, 0.3) is 0 Å². The predicted molar refractivity (Wildman–Crippen MR) is 55.7 cm³/mol. The smallest absolute Gasteiger partial charge is 0.221 e. The zero-order valence-corrected chi connectivity index (χ0v) is 9.02. The van der Waals surface area contributed by atoms with Crippen LogP contribution in [0.4, 0.5) is 0 Å². The number of amides is 1. The molecule has 0 radical (unpaired) electrons. The Hall–Kier alpha value is -0.570. The van der Waals surface area contributed by atoms with Gasteiger partial charge in [0.1, 0.15) is 0 Å². The van der Waals surface area contributed by atoms with Crippen molar-refractivity contribution in [2.45, 2.75) is 45.6 Å². The summed E-state index contributed by atoms with van der Waals surface area (Å²) < 4.78 is 0. The second-order valence-electron chi connectivity index (χ2n) is 3.27. The van der Waals surface area contributed by atoms with Crippen LogP contribution >= 0.6 is 0 Å². The van der Waals surface area contributed by atoms with Crippen molar-refractivity contribution in [2.24, 2.45) is 0 Å². The van der Waals surface area contributed by atoms with Gasteiger partial charge in [0.15, 0.2) is 0 Å². The molecule has 0 aliphatic rings. The van der Waals surface area contributed by atoms with Gasteiger partial charge in [-0.1, -0.05) is 20.3 Å². The fraction of sp³-hybridized carbons (Fsp3) is 0.900. The maximum Gasteiger partial charge on any atom is 0.221 e. The van der Waals surface area contributed by atoms with E-state index in [-0.39, 0.29) is 5.91 Å². The Balaban J connectivity index is 3.42. The van der Waals surface area contributed by atoms with Gasteiger partial charge in [-0.15, -0.1) is 0 Å². The van der Waals surface area contributed by atoms with Gasteiger partial charge in [0, 0.05) is 26.1 Å². The van der Waals surface area contributed by atoms with Crippen molar-refractivity contribution in [3.05, 3.63) is 0 Å². The minimum Gasteiger partial charge on any atom is -0.359 e. The Morgan fingerprint density at radius 1 is 1.38 bits per heavy atom. The lowest BCUT2D eigenvalue weighted by molar-refractivity contribution is -0.120. The van der Waals surface area contributed by atoms with Gasteiger partial charge < -0.3 is 10.6 Å². The van der Waals surface area contributed by atoms with Crippen molar-refractivity contribution in [1.29, 1.82) is 0 Å². The molecule has 0 aromatic carbocycles. The minimum atomic E-state index is 0.110. The van der Waals surface area contributed by atoms with Crippen molar-refractivity contribution < 1.29 is 4.79 Å². The first-order chi connectivity index (χ1) is 6.24. The molecule has 1 amide bonds. The van der Waals surface area contributed by atoms with E-state index < -0.39 is 0 Å². The van der Waals surface area contributed by atoms with Crippen LogP contribution in [0, 0.1) is 0 Å². The monoisotopic (exact) mass is 186 g/mol. The van der Waals surface area contributed by atoms with Gasteiger partial charge >= 0.3 is 0 Å². The largest absolute Gasteiger partial charge is 0.359 e. The Labute approximate surface area is 81.3 Å². The number of nitrogens with one attached hydrogen (secondary N) is 2. The molecule has 1 atom stereocenters. The first-order valence-corrected chi connectivity index (χ1v) is 5.18. The van der Waals surface area contributed by atoms with Crippen LogP contribution < -0.4 is 10.6 Å². The fourth-order valence-corrected chi connectivity index (χ4v) is 1.31. The third-order valence-electron chi connectivity index (χ3n) is 2.19. The molecule has 3 nitrogen and oxygen atoms in total. The lowest BCUT2D eigenvalue weighted by Crippen LogP contribution is -2.32. The first kappa shape index (κ1) is 12.4. The molecule has 0 fully saturated rings. The summed E-state index contributed by atoms with van der Waals surface area (Å²) in [4.78, 5) is 10.9. The molecule has 0 saturated carbocycles. The predicted octanol–water partition coefficient (Wildman–Crippen LogP) is 1.29. The summed E-state index contributed by atoms with van der Waals surface area (Å²) in [5.74, 6) is 0.110. The lowest BCUT2D eigenvalue weighted by atomic mass is 10.1.